The van der Waals surface area contributed by atoms with Gasteiger partial charge in [0.05, 0.1) is 15.7 Å². The van der Waals surface area contributed by atoms with Crippen LogP contribution in [0.25, 0.3) is 0 Å². The van der Waals surface area contributed by atoms with Crippen molar-refractivity contribution in [3.05, 3.63) is 57.3 Å². The van der Waals surface area contributed by atoms with Gasteiger partial charge >= 0.3 is 0 Å². The zero-order valence-electron chi connectivity index (χ0n) is 11.4. The van der Waals surface area contributed by atoms with Crippen molar-refractivity contribution in [2.75, 3.05) is 5.32 Å². The lowest BCUT2D eigenvalue weighted by Gasteiger charge is -2.16. The maximum absolute atomic E-state index is 13.0. The van der Waals surface area contributed by atoms with E-state index >= 15 is 0 Å². The molecule has 0 radical (unpaired) electrons. The van der Waals surface area contributed by atoms with E-state index in [1.54, 1.807) is 19.1 Å². The van der Waals surface area contributed by atoms with Crippen molar-refractivity contribution in [3.63, 3.8) is 0 Å². The molecule has 0 saturated heterocycles. The highest BCUT2D eigenvalue weighted by atomic mass is 35.5. The van der Waals surface area contributed by atoms with Gasteiger partial charge in [0.1, 0.15) is 11.6 Å². The predicted molar refractivity (Wildman–Crippen MR) is 86.6 cm³/mol. The van der Waals surface area contributed by atoms with Gasteiger partial charge in [-0.25, -0.2) is 4.39 Å². The third kappa shape index (κ3) is 4.26. The molecule has 1 amide bonds. The Morgan fingerprint density at radius 1 is 1.14 bits per heavy atom. The number of rotatable bonds is 4. The van der Waals surface area contributed by atoms with Gasteiger partial charge in [-0.05, 0) is 43.3 Å². The first-order valence-corrected chi connectivity index (χ1v) is 7.38. The second-order valence-corrected chi connectivity index (χ2v) is 5.70. The topological polar surface area (TPSA) is 38.3 Å². The first-order chi connectivity index (χ1) is 10.4. The van der Waals surface area contributed by atoms with Crippen LogP contribution in [0, 0.1) is 5.82 Å². The largest absolute Gasteiger partial charge is 0.479 e. The van der Waals surface area contributed by atoms with Gasteiger partial charge in [-0.15, -0.1) is 0 Å². The number of benzene rings is 2. The molecule has 0 aromatic heterocycles. The van der Waals surface area contributed by atoms with Crippen LogP contribution in [-0.2, 0) is 4.79 Å². The molecular weight excluding hydrogens is 352 g/mol. The SMILES string of the molecule is C[C@H](Oc1ccc(Cl)cc1Cl)C(=O)Nc1ccc(F)cc1Cl. The number of hydrogen-bond acceptors (Lipinski definition) is 2. The summed E-state index contributed by atoms with van der Waals surface area (Å²) in [5, 5.41) is 3.42. The summed E-state index contributed by atoms with van der Waals surface area (Å²) >= 11 is 17.6. The van der Waals surface area contributed by atoms with Crippen LogP contribution < -0.4 is 10.1 Å². The summed E-state index contributed by atoms with van der Waals surface area (Å²) in [5.41, 5.74) is 0.297. The molecule has 7 heteroatoms. The molecule has 0 aliphatic heterocycles. The lowest BCUT2D eigenvalue weighted by atomic mass is 10.3. The lowest BCUT2D eigenvalue weighted by molar-refractivity contribution is -0.122. The number of nitrogens with one attached hydrogen (secondary N) is 1. The van der Waals surface area contributed by atoms with Gasteiger partial charge in [0.25, 0.3) is 5.91 Å². The highest BCUT2D eigenvalue weighted by Crippen LogP contribution is 2.29. The quantitative estimate of drug-likeness (QED) is 0.812. The van der Waals surface area contributed by atoms with Crippen molar-refractivity contribution < 1.29 is 13.9 Å². The van der Waals surface area contributed by atoms with Crippen LogP contribution in [0.1, 0.15) is 6.92 Å². The number of carbonyl (C=O) groups is 1. The van der Waals surface area contributed by atoms with Crippen molar-refractivity contribution in [2.45, 2.75) is 13.0 Å². The number of hydrogen-bond donors (Lipinski definition) is 1. The predicted octanol–water partition coefficient (Wildman–Crippen LogP) is 5.19. The highest BCUT2D eigenvalue weighted by Gasteiger charge is 2.17. The van der Waals surface area contributed by atoms with Gasteiger partial charge in [-0.3, -0.25) is 4.79 Å². The maximum Gasteiger partial charge on any atom is 0.265 e. The van der Waals surface area contributed by atoms with E-state index in [0.717, 1.165) is 6.07 Å². The van der Waals surface area contributed by atoms with Crippen LogP contribution in [0.3, 0.4) is 0 Å². The van der Waals surface area contributed by atoms with E-state index in [1.165, 1.54) is 18.2 Å². The number of halogens is 4. The summed E-state index contributed by atoms with van der Waals surface area (Å²) in [6, 6.07) is 8.36. The van der Waals surface area contributed by atoms with E-state index in [1.807, 2.05) is 0 Å². The lowest BCUT2D eigenvalue weighted by Crippen LogP contribution is -2.30. The van der Waals surface area contributed by atoms with Crippen LogP contribution in [-0.4, -0.2) is 12.0 Å². The molecule has 0 spiro atoms. The van der Waals surface area contributed by atoms with E-state index in [9.17, 15) is 9.18 Å². The molecule has 1 N–H and O–H groups in total. The standard InChI is InChI=1S/C15H11Cl3FNO2/c1-8(22-14-5-2-9(16)6-12(14)18)15(21)20-13-4-3-10(19)7-11(13)17/h2-8H,1H3,(H,20,21)/t8-/m0/s1. The molecule has 0 unspecified atom stereocenters. The number of ether oxygens (including phenoxy) is 1. The fraction of sp³-hybridized carbons (Fsp3) is 0.133. The highest BCUT2D eigenvalue weighted by molar-refractivity contribution is 6.35. The van der Waals surface area contributed by atoms with E-state index < -0.39 is 17.8 Å². The fourth-order valence-corrected chi connectivity index (χ4v) is 2.31. The summed E-state index contributed by atoms with van der Waals surface area (Å²) in [6.07, 6.45) is -0.834. The van der Waals surface area contributed by atoms with Gasteiger partial charge in [0.15, 0.2) is 6.10 Å². The summed E-state index contributed by atoms with van der Waals surface area (Å²) in [4.78, 5) is 12.1. The molecule has 1 atom stereocenters. The molecule has 0 heterocycles. The normalized spacial score (nSPS) is 11.9. The van der Waals surface area contributed by atoms with Crippen LogP contribution in [0.2, 0.25) is 15.1 Å². The van der Waals surface area contributed by atoms with Crippen molar-refractivity contribution in [1.29, 1.82) is 0 Å². The Hall–Kier alpha value is -1.49. The summed E-state index contributed by atoms with van der Waals surface area (Å²) < 4.78 is 18.4. The van der Waals surface area contributed by atoms with Crippen molar-refractivity contribution in [1.82, 2.24) is 0 Å². The van der Waals surface area contributed by atoms with Crippen molar-refractivity contribution in [3.8, 4) is 5.75 Å². The molecule has 22 heavy (non-hydrogen) atoms. The third-order valence-corrected chi connectivity index (χ3v) is 3.60. The summed E-state index contributed by atoms with van der Waals surface area (Å²) in [6.45, 7) is 1.55. The van der Waals surface area contributed by atoms with Crippen LogP contribution in [0.15, 0.2) is 36.4 Å². The smallest absolute Gasteiger partial charge is 0.265 e. The summed E-state index contributed by atoms with van der Waals surface area (Å²) in [5.74, 6) is -0.598. The van der Waals surface area contributed by atoms with E-state index in [4.69, 9.17) is 39.5 Å². The zero-order chi connectivity index (χ0) is 16.3. The second kappa shape index (κ2) is 7.18. The van der Waals surface area contributed by atoms with Gasteiger partial charge in [-0.1, -0.05) is 34.8 Å². The Balaban J connectivity index is 2.05. The minimum atomic E-state index is -0.834. The van der Waals surface area contributed by atoms with Crippen LogP contribution in [0.5, 0.6) is 5.75 Å². The van der Waals surface area contributed by atoms with Gasteiger partial charge in [0, 0.05) is 5.02 Å². The molecule has 3 nitrogen and oxygen atoms in total. The minimum absolute atomic E-state index is 0.102. The minimum Gasteiger partial charge on any atom is -0.479 e. The second-order valence-electron chi connectivity index (χ2n) is 4.45. The molecule has 116 valence electrons. The van der Waals surface area contributed by atoms with E-state index in [0.29, 0.717) is 21.5 Å². The Labute approximate surface area is 141 Å². The number of carbonyl (C=O) groups excluding carboxylic acids is 1. The van der Waals surface area contributed by atoms with Gasteiger partial charge < -0.3 is 10.1 Å². The molecule has 2 aromatic carbocycles. The average Bonchev–Trinajstić information content (AvgIpc) is 2.44. The molecular formula is C15H11Cl3FNO2. The van der Waals surface area contributed by atoms with Crippen molar-refractivity contribution in [2.24, 2.45) is 0 Å². The Bertz CT molecular complexity index is 709. The third-order valence-electron chi connectivity index (χ3n) is 2.76. The molecule has 2 rings (SSSR count). The first kappa shape index (κ1) is 16.9. The van der Waals surface area contributed by atoms with Gasteiger partial charge in [0.2, 0.25) is 0 Å². The number of amides is 1. The Morgan fingerprint density at radius 3 is 2.50 bits per heavy atom. The fourth-order valence-electron chi connectivity index (χ4n) is 1.64. The maximum atomic E-state index is 13.0. The molecule has 0 fully saturated rings. The van der Waals surface area contributed by atoms with Crippen LogP contribution in [0.4, 0.5) is 10.1 Å². The van der Waals surface area contributed by atoms with E-state index in [-0.39, 0.29) is 5.02 Å². The molecule has 0 aliphatic carbocycles. The zero-order valence-corrected chi connectivity index (χ0v) is 13.6. The molecule has 0 aliphatic rings. The van der Waals surface area contributed by atoms with E-state index in [2.05, 4.69) is 5.32 Å². The average molecular weight is 363 g/mol. The van der Waals surface area contributed by atoms with Crippen LogP contribution >= 0.6 is 34.8 Å². The van der Waals surface area contributed by atoms with Crippen molar-refractivity contribution >= 4 is 46.4 Å². The molecule has 2 aromatic rings. The van der Waals surface area contributed by atoms with Gasteiger partial charge in [-0.2, -0.15) is 0 Å². The molecule has 0 bridgehead atoms. The Kier molecular flexibility index (Phi) is 5.51. The Morgan fingerprint density at radius 2 is 1.86 bits per heavy atom. The molecule has 0 saturated carbocycles. The summed E-state index contributed by atoms with van der Waals surface area (Å²) in [7, 11) is 0. The number of anilines is 1. The first-order valence-electron chi connectivity index (χ1n) is 6.24. The monoisotopic (exact) mass is 361 g/mol.